The molecule has 1 rings (SSSR count). The molecule has 0 unspecified atom stereocenters. The van der Waals surface area contributed by atoms with Gasteiger partial charge in [-0.2, -0.15) is 13.1 Å². The largest absolute Gasteiger partial charge is 0.452 e. The summed E-state index contributed by atoms with van der Waals surface area (Å²) >= 11 is 3.33. The zero-order chi connectivity index (χ0) is 12.2. The summed E-state index contributed by atoms with van der Waals surface area (Å²) in [6.07, 6.45) is 1.96. The number of nitrogens with one attached hydrogen (secondary N) is 2. The summed E-state index contributed by atoms with van der Waals surface area (Å²) in [4.78, 5) is 10.7. The molecule has 1 fully saturated rings. The molecule has 6 nitrogen and oxygen atoms in total. The summed E-state index contributed by atoms with van der Waals surface area (Å²) in [6.45, 7) is 0.352. The number of rotatable bonds is 6. The second kappa shape index (κ2) is 5.33. The maximum absolute atomic E-state index is 11.3. The van der Waals surface area contributed by atoms with Crippen molar-refractivity contribution in [1.29, 1.82) is 0 Å². The number of methoxy groups -OCH3 is 1. The lowest BCUT2D eigenvalue weighted by Crippen LogP contribution is -2.42. The molecule has 0 aromatic heterocycles. The number of carbonyl (C=O) groups excluding carboxylic acids is 1. The van der Waals surface area contributed by atoms with Gasteiger partial charge in [-0.05, 0) is 24.7 Å². The van der Waals surface area contributed by atoms with Gasteiger partial charge in [-0.3, -0.25) is 0 Å². The normalized spacial score (nSPS) is 17.9. The molecule has 0 saturated heterocycles. The fourth-order valence-electron chi connectivity index (χ4n) is 1.33. The molecule has 8 heteroatoms. The Balaban J connectivity index is 2.39. The maximum atomic E-state index is 11.3. The summed E-state index contributed by atoms with van der Waals surface area (Å²) < 4.78 is 31.0. The van der Waals surface area contributed by atoms with Gasteiger partial charge in [0.25, 0.3) is 0 Å². The van der Waals surface area contributed by atoms with E-state index in [1.807, 2.05) is 0 Å². The number of carbonyl (C=O) groups is 1. The quantitative estimate of drug-likeness (QED) is 0.708. The van der Waals surface area contributed by atoms with E-state index in [4.69, 9.17) is 0 Å². The van der Waals surface area contributed by atoms with E-state index in [-0.39, 0.29) is 5.41 Å². The van der Waals surface area contributed by atoms with Crippen molar-refractivity contribution in [3.05, 3.63) is 0 Å². The van der Waals surface area contributed by atoms with Crippen LogP contribution in [0, 0.1) is 5.41 Å². The average molecular weight is 315 g/mol. The van der Waals surface area contributed by atoms with Crippen molar-refractivity contribution in [3.63, 3.8) is 0 Å². The number of alkyl halides is 1. The zero-order valence-corrected chi connectivity index (χ0v) is 11.4. The minimum absolute atomic E-state index is 0.0639. The van der Waals surface area contributed by atoms with Gasteiger partial charge in [0.05, 0.1) is 7.11 Å². The van der Waals surface area contributed by atoms with Gasteiger partial charge in [0.15, 0.2) is 0 Å². The van der Waals surface area contributed by atoms with Crippen LogP contribution in [0.1, 0.15) is 19.3 Å². The number of amides is 1. The van der Waals surface area contributed by atoms with E-state index in [2.05, 4.69) is 25.4 Å². The van der Waals surface area contributed by atoms with Crippen LogP contribution < -0.4 is 9.44 Å². The molecule has 0 aromatic carbocycles. The fraction of sp³-hybridized carbons (Fsp3) is 0.875. The van der Waals surface area contributed by atoms with Crippen LogP contribution in [-0.2, 0) is 14.9 Å². The Hall–Kier alpha value is -0.340. The number of halogens is 1. The van der Waals surface area contributed by atoms with E-state index in [0.29, 0.717) is 6.54 Å². The molecule has 0 aliphatic heterocycles. The molecule has 1 saturated carbocycles. The van der Waals surface area contributed by atoms with E-state index >= 15 is 0 Å². The highest BCUT2D eigenvalue weighted by molar-refractivity contribution is 9.09. The van der Waals surface area contributed by atoms with Crippen molar-refractivity contribution >= 4 is 32.2 Å². The lowest BCUT2D eigenvalue weighted by atomic mass is 10.1. The molecule has 16 heavy (non-hydrogen) atoms. The van der Waals surface area contributed by atoms with Crippen molar-refractivity contribution in [3.8, 4) is 0 Å². The first-order valence-corrected chi connectivity index (χ1v) is 7.45. The van der Waals surface area contributed by atoms with Crippen LogP contribution >= 0.6 is 15.9 Å². The van der Waals surface area contributed by atoms with Gasteiger partial charge >= 0.3 is 16.3 Å². The predicted molar refractivity (Wildman–Crippen MR) is 62.5 cm³/mol. The van der Waals surface area contributed by atoms with Crippen molar-refractivity contribution in [2.75, 3.05) is 19.0 Å². The molecule has 0 bridgehead atoms. The maximum Gasteiger partial charge on any atom is 0.421 e. The minimum Gasteiger partial charge on any atom is -0.452 e. The number of hydrogen-bond acceptors (Lipinski definition) is 4. The highest BCUT2D eigenvalue weighted by Crippen LogP contribution is 2.48. The van der Waals surface area contributed by atoms with E-state index in [0.717, 1.165) is 31.7 Å². The molecular weight excluding hydrogens is 300 g/mol. The number of hydrogen-bond donors (Lipinski definition) is 2. The first kappa shape index (κ1) is 13.7. The molecule has 0 radical (unpaired) electrons. The molecule has 0 heterocycles. The third-order valence-electron chi connectivity index (χ3n) is 2.62. The second-order valence-electron chi connectivity index (χ2n) is 3.86. The van der Waals surface area contributed by atoms with Gasteiger partial charge in [-0.25, -0.2) is 9.52 Å². The Bertz CT molecular complexity index is 353. The lowest BCUT2D eigenvalue weighted by Gasteiger charge is -2.14. The SMILES string of the molecule is COC(=O)NS(=O)(=O)NCC1(CCBr)CC1. The van der Waals surface area contributed by atoms with E-state index in [9.17, 15) is 13.2 Å². The Kier molecular flexibility index (Phi) is 4.57. The fourth-order valence-corrected chi connectivity index (χ4v) is 3.04. The lowest BCUT2D eigenvalue weighted by molar-refractivity contribution is 0.177. The second-order valence-corrected chi connectivity index (χ2v) is 6.15. The van der Waals surface area contributed by atoms with E-state index in [1.54, 1.807) is 4.72 Å². The molecular formula is C8H15BrN2O4S. The van der Waals surface area contributed by atoms with Crippen LogP contribution in [0.2, 0.25) is 0 Å². The Morgan fingerprint density at radius 2 is 2.12 bits per heavy atom. The van der Waals surface area contributed by atoms with Crippen molar-refractivity contribution in [2.45, 2.75) is 19.3 Å². The Morgan fingerprint density at radius 3 is 2.56 bits per heavy atom. The predicted octanol–water partition coefficient (Wildman–Crippen LogP) is 0.742. The highest BCUT2D eigenvalue weighted by atomic mass is 79.9. The Morgan fingerprint density at radius 1 is 1.50 bits per heavy atom. The van der Waals surface area contributed by atoms with Crippen LogP contribution in [0.4, 0.5) is 4.79 Å². The average Bonchev–Trinajstić information content (AvgIpc) is 2.96. The van der Waals surface area contributed by atoms with Gasteiger partial charge in [0, 0.05) is 11.9 Å². The van der Waals surface area contributed by atoms with Crippen molar-refractivity contribution in [2.24, 2.45) is 5.41 Å². The van der Waals surface area contributed by atoms with Gasteiger partial charge in [-0.15, -0.1) is 0 Å². The van der Waals surface area contributed by atoms with Gasteiger partial charge in [0.2, 0.25) is 0 Å². The highest BCUT2D eigenvalue weighted by Gasteiger charge is 2.42. The standard InChI is InChI=1S/C8H15BrN2O4S/c1-15-7(12)11-16(13,14)10-6-8(2-3-8)4-5-9/h10H,2-6H2,1H3,(H,11,12). The summed E-state index contributed by atoms with van der Waals surface area (Å²) in [5, 5.41) is 0.846. The first-order chi connectivity index (χ1) is 7.43. The first-order valence-electron chi connectivity index (χ1n) is 4.84. The summed E-state index contributed by atoms with van der Waals surface area (Å²) in [6, 6.07) is 0. The smallest absolute Gasteiger partial charge is 0.421 e. The Labute approximate surface area is 103 Å². The summed E-state index contributed by atoms with van der Waals surface area (Å²) in [5.74, 6) is 0. The molecule has 94 valence electrons. The van der Waals surface area contributed by atoms with Crippen LogP contribution in [0.15, 0.2) is 0 Å². The summed E-state index contributed by atoms with van der Waals surface area (Å²) in [5.41, 5.74) is 0.0639. The van der Waals surface area contributed by atoms with Crippen molar-refractivity contribution in [1.82, 2.24) is 9.44 Å². The molecule has 1 aliphatic carbocycles. The number of ether oxygens (including phenoxy) is 1. The zero-order valence-electron chi connectivity index (χ0n) is 8.95. The van der Waals surface area contributed by atoms with Gasteiger partial charge in [0.1, 0.15) is 0 Å². The topological polar surface area (TPSA) is 84.5 Å². The van der Waals surface area contributed by atoms with Gasteiger partial charge in [-0.1, -0.05) is 15.9 Å². The van der Waals surface area contributed by atoms with Crippen LogP contribution in [0.5, 0.6) is 0 Å². The summed E-state index contributed by atoms with van der Waals surface area (Å²) in [7, 11) is -2.69. The van der Waals surface area contributed by atoms with E-state index < -0.39 is 16.3 Å². The molecule has 0 spiro atoms. The van der Waals surface area contributed by atoms with Crippen LogP contribution in [-0.4, -0.2) is 33.5 Å². The van der Waals surface area contributed by atoms with Crippen LogP contribution in [0.3, 0.4) is 0 Å². The van der Waals surface area contributed by atoms with E-state index in [1.165, 1.54) is 0 Å². The minimum atomic E-state index is -3.79. The molecule has 0 aromatic rings. The van der Waals surface area contributed by atoms with Crippen molar-refractivity contribution < 1.29 is 17.9 Å². The molecule has 0 atom stereocenters. The third-order valence-corrected chi connectivity index (χ3v) is 3.98. The third kappa shape index (κ3) is 4.26. The molecule has 1 aliphatic rings. The monoisotopic (exact) mass is 314 g/mol. The van der Waals surface area contributed by atoms with Gasteiger partial charge < -0.3 is 4.74 Å². The molecule has 2 N–H and O–H groups in total. The van der Waals surface area contributed by atoms with Crippen LogP contribution in [0.25, 0.3) is 0 Å². The molecule has 1 amide bonds.